The van der Waals surface area contributed by atoms with Gasteiger partial charge in [0, 0.05) is 27.5 Å². The second-order valence-corrected chi connectivity index (χ2v) is 9.35. The molecular weight excluding hydrogens is 618 g/mol. The molecule has 1 atom stereocenters. The first-order chi connectivity index (χ1) is 20.3. The van der Waals surface area contributed by atoms with E-state index in [4.69, 9.17) is 28.0 Å². The average Bonchev–Trinajstić information content (AvgIpc) is 2.94. The normalized spacial score (nSPS) is 11.2. The number of hydrogen-bond donors (Lipinski definition) is 5. The quantitative estimate of drug-likeness (QED) is 0.203. The van der Waals surface area contributed by atoms with E-state index in [-0.39, 0.29) is 12.1 Å². The Balaban J connectivity index is 0.000000973. The third-order valence-electron chi connectivity index (χ3n) is 5.08. The molecule has 0 aliphatic heterocycles. The number of aliphatic carboxylic acids is 1. The lowest BCUT2D eigenvalue weighted by atomic mass is 10.0. The first-order valence-electron chi connectivity index (χ1n) is 12.1. The van der Waals surface area contributed by atoms with Crippen LogP contribution in [0.15, 0.2) is 66.9 Å². The van der Waals surface area contributed by atoms with Crippen molar-refractivity contribution in [1.29, 1.82) is 0 Å². The standard InChI is InChI=1S/C25H23Cl2N5O5.C2HF3O/c26-17-8-16(9-18(27)11-17)21(12-23(34)35)32-22(33)14-29-24(36)15-4-3-6-19(10-15)31-25(37)30-13-20-5-1-2-7-28-20;3-2(4,5)1-6/h1-11,21H,12-14H2,(H,29,36)(H,32,33)(H,34,35)(H2,30,31,37);1H. The molecule has 0 saturated carbocycles. The summed E-state index contributed by atoms with van der Waals surface area (Å²) in [5, 5.41) is 20.1. The van der Waals surface area contributed by atoms with E-state index < -0.39 is 55.3 Å². The lowest BCUT2D eigenvalue weighted by Crippen LogP contribution is -2.39. The molecule has 0 fully saturated rings. The fourth-order valence-electron chi connectivity index (χ4n) is 3.30. The molecule has 1 aromatic heterocycles. The van der Waals surface area contributed by atoms with Gasteiger partial charge in [0.15, 0.2) is 0 Å². The van der Waals surface area contributed by atoms with Crippen molar-refractivity contribution >= 4 is 59.0 Å². The Bertz CT molecular complexity index is 1420. The van der Waals surface area contributed by atoms with Gasteiger partial charge in [0.25, 0.3) is 5.91 Å². The number of alkyl halides is 3. The number of pyridine rings is 1. The number of carboxylic acids is 1. The highest BCUT2D eigenvalue weighted by molar-refractivity contribution is 6.34. The zero-order chi connectivity index (χ0) is 32.0. The zero-order valence-corrected chi connectivity index (χ0v) is 23.5. The van der Waals surface area contributed by atoms with E-state index in [0.29, 0.717) is 27.0 Å². The minimum absolute atomic E-state index is 0.207. The van der Waals surface area contributed by atoms with Gasteiger partial charge in [-0.25, -0.2) is 4.79 Å². The molecule has 43 heavy (non-hydrogen) atoms. The minimum atomic E-state index is -4.64. The number of nitrogens with one attached hydrogen (secondary N) is 4. The number of carboxylic acid groups (broad SMARTS) is 1. The highest BCUT2D eigenvalue weighted by Gasteiger charge is 2.25. The predicted octanol–water partition coefficient (Wildman–Crippen LogP) is 4.52. The van der Waals surface area contributed by atoms with Crippen LogP contribution in [0.4, 0.5) is 23.7 Å². The van der Waals surface area contributed by atoms with Crippen molar-refractivity contribution in [2.75, 3.05) is 11.9 Å². The lowest BCUT2D eigenvalue weighted by molar-refractivity contribution is -0.156. The van der Waals surface area contributed by atoms with Crippen LogP contribution in [0.25, 0.3) is 0 Å². The third-order valence-corrected chi connectivity index (χ3v) is 5.52. The minimum Gasteiger partial charge on any atom is -0.481 e. The Morgan fingerprint density at radius 2 is 1.63 bits per heavy atom. The van der Waals surface area contributed by atoms with Gasteiger partial charge < -0.3 is 26.4 Å². The molecule has 0 radical (unpaired) electrons. The SMILES string of the molecule is O=C(O)CC(NC(=O)CNC(=O)c1cccc(NC(=O)NCc2ccccn2)c1)c1cc(Cl)cc(Cl)c1.O=CC(F)(F)F. The molecule has 0 spiro atoms. The number of halogens is 5. The van der Waals surface area contributed by atoms with Crippen LogP contribution >= 0.6 is 23.2 Å². The van der Waals surface area contributed by atoms with Crippen LogP contribution < -0.4 is 21.3 Å². The van der Waals surface area contributed by atoms with Gasteiger partial charge in [0.1, 0.15) is 0 Å². The van der Waals surface area contributed by atoms with Gasteiger partial charge in [0.05, 0.1) is 31.2 Å². The highest BCUT2D eigenvalue weighted by Crippen LogP contribution is 2.25. The van der Waals surface area contributed by atoms with Crippen LogP contribution in [0.1, 0.15) is 34.1 Å². The summed E-state index contributed by atoms with van der Waals surface area (Å²) in [6, 6.07) is 14.6. The maximum atomic E-state index is 12.6. The number of anilines is 1. The van der Waals surface area contributed by atoms with Crippen molar-refractivity contribution in [1.82, 2.24) is 20.9 Å². The van der Waals surface area contributed by atoms with E-state index in [1.807, 2.05) is 6.07 Å². The van der Waals surface area contributed by atoms with Crippen molar-refractivity contribution in [2.45, 2.75) is 25.2 Å². The van der Waals surface area contributed by atoms with E-state index in [9.17, 15) is 37.5 Å². The number of carbonyl (C=O) groups excluding carboxylic acids is 4. The van der Waals surface area contributed by atoms with Crippen LogP contribution in [-0.2, 0) is 20.9 Å². The van der Waals surface area contributed by atoms with E-state index in [0.717, 1.165) is 0 Å². The number of aldehydes is 1. The van der Waals surface area contributed by atoms with Gasteiger partial charge in [-0.15, -0.1) is 0 Å². The molecule has 2 aromatic carbocycles. The summed E-state index contributed by atoms with van der Waals surface area (Å²) in [4.78, 5) is 61.3. The van der Waals surface area contributed by atoms with E-state index in [2.05, 4.69) is 26.3 Å². The Morgan fingerprint density at radius 1 is 0.953 bits per heavy atom. The molecular formula is C27H24Cl2F3N5O6. The molecule has 16 heteroatoms. The van der Waals surface area contributed by atoms with Gasteiger partial charge in [-0.3, -0.25) is 24.2 Å². The Labute approximate surface area is 252 Å². The number of rotatable bonds is 10. The third kappa shape index (κ3) is 13.7. The number of carbonyl (C=O) groups is 5. The molecule has 5 N–H and O–H groups in total. The Kier molecular flexibility index (Phi) is 13.4. The smallest absolute Gasteiger partial charge is 0.446 e. The predicted molar refractivity (Wildman–Crippen MR) is 151 cm³/mol. The van der Waals surface area contributed by atoms with Crippen LogP contribution in [0, 0.1) is 0 Å². The van der Waals surface area contributed by atoms with Crippen molar-refractivity contribution in [3.8, 4) is 0 Å². The van der Waals surface area contributed by atoms with Crippen molar-refractivity contribution < 1.29 is 42.3 Å². The maximum absolute atomic E-state index is 12.6. The maximum Gasteiger partial charge on any atom is 0.446 e. The van der Waals surface area contributed by atoms with Crippen LogP contribution in [0.2, 0.25) is 10.0 Å². The van der Waals surface area contributed by atoms with E-state index in [1.54, 1.807) is 30.5 Å². The van der Waals surface area contributed by atoms with Crippen molar-refractivity contribution in [3.63, 3.8) is 0 Å². The fourth-order valence-corrected chi connectivity index (χ4v) is 3.84. The summed E-state index contributed by atoms with van der Waals surface area (Å²) in [6.45, 7) is -0.183. The molecule has 3 aromatic rings. The van der Waals surface area contributed by atoms with Gasteiger partial charge in [-0.2, -0.15) is 13.2 Å². The van der Waals surface area contributed by atoms with Gasteiger partial charge in [-0.05, 0) is 54.1 Å². The van der Waals surface area contributed by atoms with E-state index >= 15 is 0 Å². The van der Waals surface area contributed by atoms with Gasteiger partial charge in [0.2, 0.25) is 12.2 Å². The number of benzene rings is 2. The first kappa shape index (κ1) is 34.5. The second-order valence-electron chi connectivity index (χ2n) is 8.47. The monoisotopic (exact) mass is 641 g/mol. The molecule has 228 valence electrons. The zero-order valence-electron chi connectivity index (χ0n) is 22.0. The Hall–Kier alpha value is -4.69. The number of nitrogens with zero attached hydrogens (tertiary/aromatic N) is 1. The number of hydrogen-bond acceptors (Lipinski definition) is 6. The molecule has 4 amide bonds. The van der Waals surface area contributed by atoms with Crippen molar-refractivity contribution in [2.24, 2.45) is 0 Å². The van der Waals surface area contributed by atoms with Crippen LogP contribution in [-0.4, -0.2) is 52.9 Å². The molecule has 0 saturated heterocycles. The van der Waals surface area contributed by atoms with Crippen LogP contribution in [0.3, 0.4) is 0 Å². The summed E-state index contributed by atoms with van der Waals surface area (Å²) >= 11 is 12.0. The summed E-state index contributed by atoms with van der Waals surface area (Å²) < 4.78 is 31.2. The molecule has 1 heterocycles. The topological polar surface area (TPSA) is 167 Å². The second kappa shape index (κ2) is 16.7. The number of urea groups is 1. The molecule has 0 bridgehead atoms. The summed E-state index contributed by atoms with van der Waals surface area (Å²) in [6.07, 6.45) is -4.49. The average molecular weight is 642 g/mol. The Morgan fingerprint density at radius 3 is 2.21 bits per heavy atom. The van der Waals surface area contributed by atoms with Crippen LogP contribution in [0.5, 0.6) is 0 Å². The number of amides is 4. The summed E-state index contributed by atoms with van der Waals surface area (Å²) in [5.41, 5.74) is 1.68. The summed E-state index contributed by atoms with van der Waals surface area (Å²) in [7, 11) is 0. The molecule has 3 rings (SSSR count). The molecule has 0 aliphatic rings. The van der Waals surface area contributed by atoms with E-state index in [1.165, 1.54) is 30.3 Å². The summed E-state index contributed by atoms with van der Waals surface area (Å²) in [5.74, 6) is -2.31. The van der Waals surface area contributed by atoms with Gasteiger partial charge in [-0.1, -0.05) is 35.3 Å². The van der Waals surface area contributed by atoms with Gasteiger partial charge >= 0.3 is 18.2 Å². The lowest BCUT2D eigenvalue weighted by Gasteiger charge is -2.18. The van der Waals surface area contributed by atoms with Crippen molar-refractivity contribution in [3.05, 3.63) is 93.7 Å². The molecule has 11 nitrogen and oxygen atoms in total. The fraction of sp³-hybridized carbons (Fsp3) is 0.185. The first-order valence-corrected chi connectivity index (χ1v) is 12.8. The molecule has 0 aliphatic carbocycles. The number of aromatic nitrogens is 1. The highest BCUT2D eigenvalue weighted by atomic mass is 35.5. The molecule has 1 unspecified atom stereocenters. The largest absolute Gasteiger partial charge is 0.481 e.